The molecular weight excluding hydrogens is 314 g/mol. The molecule has 1 N–H and O–H groups in total. The van der Waals surface area contributed by atoms with Crippen molar-refractivity contribution in [1.82, 2.24) is 5.43 Å². The Bertz CT molecular complexity index is 607. The zero-order valence-corrected chi connectivity index (χ0v) is 14.1. The Labute approximate surface area is 140 Å². The first-order valence-corrected chi connectivity index (χ1v) is 7.55. The highest BCUT2D eigenvalue weighted by Crippen LogP contribution is 2.25. The van der Waals surface area contributed by atoms with Gasteiger partial charge < -0.3 is 9.64 Å². The van der Waals surface area contributed by atoms with E-state index < -0.39 is 4.92 Å². The predicted molar refractivity (Wildman–Crippen MR) is 90.7 cm³/mol. The van der Waals surface area contributed by atoms with Gasteiger partial charge in [-0.2, -0.15) is 5.26 Å². The number of nitro groups is 1. The van der Waals surface area contributed by atoms with Crippen molar-refractivity contribution < 1.29 is 9.66 Å². The van der Waals surface area contributed by atoms with Crippen LogP contribution in [0.3, 0.4) is 0 Å². The molecule has 0 aliphatic carbocycles. The lowest BCUT2D eigenvalue weighted by Crippen LogP contribution is -2.35. The van der Waals surface area contributed by atoms with E-state index >= 15 is 0 Å². The Morgan fingerprint density at radius 3 is 2.33 bits per heavy atom. The zero-order valence-electron chi connectivity index (χ0n) is 14.1. The summed E-state index contributed by atoms with van der Waals surface area (Å²) in [6, 6.07) is 7.63. The van der Waals surface area contributed by atoms with Crippen LogP contribution in [0.15, 0.2) is 41.1 Å². The van der Waals surface area contributed by atoms with E-state index in [0.717, 1.165) is 0 Å². The molecule has 1 aromatic rings. The highest BCUT2D eigenvalue weighted by Gasteiger charge is 2.23. The van der Waals surface area contributed by atoms with Gasteiger partial charge in [0.15, 0.2) is 5.70 Å². The number of nitroso groups, excluding NO2 is 1. The summed E-state index contributed by atoms with van der Waals surface area (Å²) in [5, 5.41) is 22.2. The largest absolute Gasteiger partial charge is 0.474 e. The van der Waals surface area contributed by atoms with Crippen molar-refractivity contribution in [1.29, 1.82) is 5.26 Å². The Balaban J connectivity index is 0.00000123. The molecule has 1 aliphatic rings. The molecule has 0 radical (unpaired) electrons. The van der Waals surface area contributed by atoms with Crippen molar-refractivity contribution >= 4 is 11.4 Å². The van der Waals surface area contributed by atoms with Crippen LogP contribution in [0.25, 0.3) is 0 Å². The Hall–Kier alpha value is -3.15. The lowest BCUT2D eigenvalue weighted by Gasteiger charge is -2.29. The molecule has 9 heteroatoms. The maximum absolute atomic E-state index is 10.6. The minimum absolute atomic E-state index is 0.0351. The van der Waals surface area contributed by atoms with E-state index in [1.54, 1.807) is 4.90 Å². The highest BCUT2D eigenvalue weighted by atomic mass is 16.6. The molecule has 1 aliphatic heterocycles. The first-order chi connectivity index (χ1) is 11.7. The minimum atomic E-state index is -0.507. The first-order valence-electron chi connectivity index (χ1n) is 7.55. The number of hydrogen-bond acceptors (Lipinski definition) is 7. The summed E-state index contributed by atoms with van der Waals surface area (Å²) in [6.45, 7) is 8.63. The number of nitrogens with zero attached hydrogens (tertiary/aromatic N) is 4. The van der Waals surface area contributed by atoms with Gasteiger partial charge in [0.05, 0.1) is 16.8 Å². The molecule has 0 atom stereocenters. The Morgan fingerprint density at radius 1 is 1.29 bits per heavy atom. The molecule has 2 rings (SSSR count). The molecular formula is C15H21N5O4. The summed E-state index contributed by atoms with van der Waals surface area (Å²) in [5.74, 6) is -0.0351. The van der Waals surface area contributed by atoms with E-state index in [2.05, 4.69) is 10.7 Å². The van der Waals surface area contributed by atoms with Crippen LogP contribution in [-0.2, 0) is 4.74 Å². The van der Waals surface area contributed by atoms with Gasteiger partial charge in [-0.15, -0.1) is 4.91 Å². The van der Waals surface area contributed by atoms with Gasteiger partial charge in [-0.25, -0.2) is 5.43 Å². The molecule has 9 nitrogen and oxygen atoms in total. The van der Waals surface area contributed by atoms with Crippen LogP contribution in [0.4, 0.5) is 11.4 Å². The molecule has 1 aromatic carbocycles. The van der Waals surface area contributed by atoms with Gasteiger partial charge in [-0.1, -0.05) is 27.7 Å². The summed E-state index contributed by atoms with van der Waals surface area (Å²) in [6.07, 6.45) is 0. The minimum Gasteiger partial charge on any atom is -0.474 e. The number of hydrogen-bond donors (Lipinski definition) is 1. The van der Waals surface area contributed by atoms with Gasteiger partial charge >= 0.3 is 0 Å². The number of nitro benzene ring substituents is 1. The van der Waals surface area contributed by atoms with E-state index in [0.29, 0.717) is 12.2 Å². The Morgan fingerprint density at radius 2 is 1.88 bits per heavy atom. The van der Waals surface area contributed by atoms with Crippen LogP contribution < -0.4 is 10.3 Å². The molecule has 0 amide bonds. The molecule has 0 saturated heterocycles. The van der Waals surface area contributed by atoms with Crippen LogP contribution in [0.5, 0.6) is 0 Å². The molecule has 0 aromatic heterocycles. The number of allylic oxidation sites excluding steroid dienone is 1. The molecule has 0 unspecified atom stereocenters. The summed E-state index contributed by atoms with van der Waals surface area (Å²) in [7, 11) is 0. The number of benzene rings is 1. The number of anilines is 1. The number of nitrogens with one attached hydrogen (secondary N) is 1. The number of rotatable bonds is 4. The second-order valence-electron chi connectivity index (χ2n) is 3.77. The average molecular weight is 335 g/mol. The molecule has 0 spiro atoms. The smallest absolute Gasteiger partial charge is 0.269 e. The quantitative estimate of drug-likeness (QED) is 0.508. The first kappa shape index (κ1) is 20.9. The van der Waals surface area contributed by atoms with Crippen molar-refractivity contribution in [2.45, 2.75) is 27.7 Å². The third-order valence-electron chi connectivity index (χ3n) is 2.67. The summed E-state index contributed by atoms with van der Waals surface area (Å²) < 4.78 is 5.14. The summed E-state index contributed by atoms with van der Waals surface area (Å²) in [5.41, 5.74) is 2.70. The lowest BCUT2D eigenvalue weighted by molar-refractivity contribution is -0.384. The average Bonchev–Trinajstić information content (AvgIpc) is 2.65. The van der Waals surface area contributed by atoms with Crippen LogP contribution in [0.1, 0.15) is 27.7 Å². The zero-order chi connectivity index (χ0) is 18.5. The number of non-ortho nitro benzene ring substituents is 1. The van der Waals surface area contributed by atoms with Crippen molar-refractivity contribution in [2.24, 2.45) is 5.29 Å². The van der Waals surface area contributed by atoms with Crippen molar-refractivity contribution in [2.75, 3.05) is 18.1 Å². The fourth-order valence-electron chi connectivity index (χ4n) is 1.79. The van der Waals surface area contributed by atoms with Crippen molar-refractivity contribution in [3.05, 3.63) is 50.9 Å². The summed E-state index contributed by atoms with van der Waals surface area (Å²) in [4.78, 5) is 21.9. The molecule has 0 saturated carbocycles. The third-order valence-corrected chi connectivity index (χ3v) is 2.67. The van der Waals surface area contributed by atoms with E-state index in [-0.39, 0.29) is 23.9 Å². The van der Waals surface area contributed by atoms with E-state index in [9.17, 15) is 15.0 Å². The van der Waals surface area contributed by atoms with Crippen LogP contribution in [-0.4, -0.2) is 18.1 Å². The molecule has 0 bridgehead atoms. The topological polar surface area (TPSA) is 121 Å². The normalized spacial score (nSPS) is 12.4. The second kappa shape index (κ2) is 11.4. The molecule has 130 valence electrons. The monoisotopic (exact) mass is 335 g/mol. The fourth-order valence-corrected chi connectivity index (χ4v) is 1.79. The summed E-state index contributed by atoms with van der Waals surface area (Å²) >= 11 is 0. The second-order valence-corrected chi connectivity index (χ2v) is 3.77. The number of nitriles is 1. The van der Waals surface area contributed by atoms with Gasteiger partial charge in [0.2, 0.25) is 5.88 Å². The van der Waals surface area contributed by atoms with E-state index in [1.807, 2.05) is 33.8 Å². The maximum atomic E-state index is 10.6. The van der Waals surface area contributed by atoms with Gasteiger partial charge in [0, 0.05) is 17.8 Å². The van der Waals surface area contributed by atoms with Gasteiger partial charge in [-0.3, -0.25) is 10.1 Å². The standard InChI is InChI=1S/C11H9N5O4.2C2H6/c12-7-10-11(13-14-17)20-6-5-15(10)8-1-3-9(4-2-8)16(18)19;2*1-2/h1-4H,5-6H2,(H,13,17);2*1-2H3. The fraction of sp³-hybridized carbons (Fsp3) is 0.400. The van der Waals surface area contributed by atoms with Gasteiger partial charge in [0.25, 0.3) is 5.69 Å². The molecule has 24 heavy (non-hydrogen) atoms. The molecule has 1 heterocycles. The van der Waals surface area contributed by atoms with Crippen LogP contribution >= 0.6 is 0 Å². The predicted octanol–water partition coefficient (Wildman–Crippen LogP) is 3.45. The highest BCUT2D eigenvalue weighted by molar-refractivity contribution is 5.58. The van der Waals surface area contributed by atoms with Crippen LogP contribution in [0.2, 0.25) is 0 Å². The van der Waals surface area contributed by atoms with Gasteiger partial charge in [-0.05, 0) is 12.1 Å². The lowest BCUT2D eigenvalue weighted by atomic mass is 10.2. The van der Waals surface area contributed by atoms with Crippen molar-refractivity contribution in [3.8, 4) is 6.07 Å². The maximum Gasteiger partial charge on any atom is 0.269 e. The van der Waals surface area contributed by atoms with E-state index in [4.69, 9.17) is 10.00 Å². The Kier molecular flexibility index (Phi) is 9.92. The van der Waals surface area contributed by atoms with Crippen LogP contribution in [0, 0.1) is 26.4 Å². The third kappa shape index (κ3) is 5.24. The van der Waals surface area contributed by atoms with Crippen molar-refractivity contribution in [3.63, 3.8) is 0 Å². The SMILES string of the molecule is CC.CC.N#CC1=C(NN=O)OCCN1c1ccc([N+](=O)[O-])cc1. The molecule has 0 fully saturated rings. The number of ether oxygens (including phenoxy) is 1. The van der Waals surface area contributed by atoms with E-state index in [1.165, 1.54) is 24.3 Å². The van der Waals surface area contributed by atoms with Gasteiger partial charge in [0.1, 0.15) is 12.7 Å².